The van der Waals surface area contributed by atoms with Gasteiger partial charge in [-0.3, -0.25) is 9.55 Å². The summed E-state index contributed by atoms with van der Waals surface area (Å²) in [5.41, 5.74) is 11.5. The normalized spacial score (nSPS) is 11.9. The van der Waals surface area contributed by atoms with Gasteiger partial charge in [-0.25, -0.2) is 4.98 Å². The van der Waals surface area contributed by atoms with E-state index in [-0.39, 0.29) is 0 Å². The maximum Gasteiger partial charge on any atom is 0.238 e. The molecule has 0 fully saturated rings. The Hall–Kier alpha value is -7.90. The minimum Gasteiger partial charge on any atom is -0.456 e. The molecular weight excluding hydrogens is 701 g/mol. The van der Waals surface area contributed by atoms with E-state index in [0.29, 0.717) is 17.6 Å². The summed E-state index contributed by atoms with van der Waals surface area (Å²) >= 11 is 0. The van der Waals surface area contributed by atoms with Crippen molar-refractivity contribution in [1.82, 2.24) is 29.1 Å². The van der Waals surface area contributed by atoms with Crippen LogP contribution in [-0.2, 0) is 0 Å². The fourth-order valence-corrected chi connectivity index (χ4v) is 8.56. The SMILES string of the molecule is c1ccc(-c2nc(-c3cccc(-c4ccc5oc6ccccc6c5c4)c3-n3c4ccccc4c4ncccc43)nc(-n3c4ccccc4c4ccccc43)n2)cc1. The summed E-state index contributed by atoms with van der Waals surface area (Å²) in [5.74, 6) is 1.69. The largest absolute Gasteiger partial charge is 0.456 e. The van der Waals surface area contributed by atoms with Gasteiger partial charge in [0, 0.05) is 49.8 Å². The second kappa shape index (κ2) is 12.3. The molecule has 12 rings (SSSR count). The predicted octanol–water partition coefficient (Wildman–Crippen LogP) is 12.4. The van der Waals surface area contributed by atoms with E-state index in [4.69, 9.17) is 24.4 Å². The van der Waals surface area contributed by atoms with E-state index in [0.717, 1.165) is 93.6 Å². The molecule has 0 bridgehead atoms. The molecule has 0 aliphatic carbocycles. The highest BCUT2D eigenvalue weighted by Gasteiger charge is 2.24. The van der Waals surface area contributed by atoms with E-state index < -0.39 is 0 Å². The first-order chi connectivity index (χ1) is 28.3. The highest BCUT2D eigenvalue weighted by Crippen LogP contribution is 2.42. The fourth-order valence-electron chi connectivity index (χ4n) is 8.56. The van der Waals surface area contributed by atoms with E-state index in [1.165, 1.54) is 0 Å². The summed E-state index contributed by atoms with van der Waals surface area (Å²) in [6.45, 7) is 0. The average molecular weight is 731 g/mol. The number of furan rings is 1. The van der Waals surface area contributed by atoms with Gasteiger partial charge in [0.25, 0.3) is 0 Å². The van der Waals surface area contributed by atoms with E-state index in [1.807, 2.05) is 42.6 Å². The first kappa shape index (κ1) is 31.5. The summed E-state index contributed by atoms with van der Waals surface area (Å²) in [6, 6.07) is 60.7. The van der Waals surface area contributed by atoms with Crippen molar-refractivity contribution in [3.05, 3.63) is 182 Å². The van der Waals surface area contributed by atoms with Crippen LogP contribution in [0.25, 0.3) is 111 Å². The van der Waals surface area contributed by atoms with Crippen molar-refractivity contribution in [2.75, 3.05) is 0 Å². The lowest BCUT2D eigenvalue weighted by Gasteiger charge is -2.19. The van der Waals surface area contributed by atoms with Gasteiger partial charge < -0.3 is 8.98 Å². The van der Waals surface area contributed by atoms with Crippen molar-refractivity contribution in [3.63, 3.8) is 0 Å². The lowest BCUT2D eigenvalue weighted by atomic mass is 9.97. The Bertz CT molecular complexity index is 3430. The summed E-state index contributed by atoms with van der Waals surface area (Å²) in [6.07, 6.45) is 1.86. The van der Waals surface area contributed by atoms with Crippen molar-refractivity contribution in [2.24, 2.45) is 0 Å². The van der Waals surface area contributed by atoms with Gasteiger partial charge in [-0.15, -0.1) is 0 Å². The molecule has 0 amide bonds. The Balaban J connectivity index is 1.21. The van der Waals surface area contributed by atoms with Crippen LogP contribution in [0.2, 0.25) is 0 Å². The first-order valence-electron chi connectivity index (χ1n) is 19.0. The van der Waals surface area contributed by atoms with Gasteiger partial charge in [-0.2, -0.15) is 9.97 Å². The van der Waals surface area contributed by atoms with E-state index in [1.54, 1.807) is 0 Å². The molecule has 57 heavy (non-hydrogen) atoms. The molecule has 0 aliphatic rings. The number of pyridine rings is 1. The second-order valence-electron chi connectivity index (χ2n) is 14.3. The lowest BCUT2D eigenvalue weighted by Crippen LogP contribution is -2.08. The molecule has 0 atom stereocenters. The quantitative estimate of drug-likeness (QED) is 0.176. The van der Waals surface area contributed by atoms with Crippen LogP contribution in [0, 0.1) is 0 Å². The van der Waals surface area contributed by atoms with Crippen molar-refractivity contribution in [2.45, 2.75) is 0 Å². The molecular formula is C50H30N6O. The summed E-state index contributed by atoms with van der Waals surface area (Å²) < 4.78 is 10.8. The van der Waals surface area contributed by atoms with Gasteiger partial charge in [0.15, 0.2) is 11.6 Å². The molecule has 12 aromatic rings. The zero-order valence-corrected chi connectivity index (χ0v) is 30.4. The number of fused-ring (bicyclic) bond motifs is 9. The van der Waals surface area contributed by atoms with Gasteiger partial charge >= 0.3 is 0 Å². The highest BCUT2D eigenvalue weighted by molar-refractivity contribution is 6.11. The van der Waals surface area contributed by atoms with Gasteiger partial charge in [-0.1, -0.05) is 121 Å². The third kappa shape index (κ3) is 4.79. The van der Waals surface area contributed by atoms with Crippen molar-refractivity contribution >= 4 is 65.7 Å². The Labute approximate surface area is 325 Å². The number of hydrogen-bond acceptors (Lipinski definition) is 5. The molecule has 266 valence electrons. The second-order valence-corrected chi connectivity index (χ2v) is 14.3. The summed E-state index contributed by atoms with van der Waals surface area (Å²) in [7, 11) is 0. The van der Waals surface area contributed by atoms with Crippen molar-refractivity contribution in [1.29, 1.82) is 0 Å². The number of rotatable bonds is 5. The third-order valence-corrected chi connectivity index (χ3v) is 11.1. The molecule has 0 N–H and O–H groups in total. The molecule has 7 heteroatoms. The molecule has 5 aromatic heterocycles. The van der Waals surface area contributed by atoms with Gasteiger partial charge in [0.1, 0.15) is 11.2 Å². The van der Waals surface area contributed by atoms with Gasteiger partial charge in [0.05, 0.1) is 33.3 Å². The molecule has 7 aromatic carbocycles. The van der Waals surface area contributed by atoms with Crippen molar-refractivity contribution in [3.8, 4) is 45.5 Å². The van der Waals surface area contributed by atoms with Gasteiger partial charge in [-0.05, 0) is 60.2 Å². The summed E-state index contributed by atoms with van der Waals surface area (Å²) in [5, 5.41) is 5.48. The van der Waals surface area contributed by atoms with Crippen LogP contribution in [0.4, 0.5) is 0 Å². The standard InChI is InChI=1S/C50H30N6O/c1-2-14-31(15-3-1)48-52-49(54-50(53-48)56-40-22-8-4-16-34(40)35-17-5-9-23-41(35)56)38-21-12-20-33(32-27-28-45-39(30-32)36-18-7-11-26-44(36)57-45)47(38)55-42-24-10-6-19-37(42)46-43(55)25-13-29-51-46/h1-30H. The average Bonchev–Trinajstić information content (AvgIpc) is 3.94. The van der Waals surface area contributed by atoms with Crippen LogP contribution >= 0.6 is 0 Å². The zero-order valence-electron chi connectivity index (χ0n) is 30.4. The first-order valence-corrected chi connectivity index (χ1v) is 19.0. The van der Waals surface area contributed by atoms with E-state index in [9.17, 15) is 0 Å². The Morgan fingerprint density at radius 2 is 1.00 bits per heavy atom. The van der Waals surface area contributed by atoms with E-state index >= 15 is 0 Å². The highest BCUT2D eigenvalue weighted by atomic mass is 16.3. The maximum absolute atomic E-state index is 6.28. The maximum atomic E-state index is 6.28. The molecule has 0 radical (unpaired) electrons. The molecule has 0 aliphatic heterocycles. The van der Waals surface area contributed by atoms with Crippen LogP contribution < -0.4 is 0 Å². The number of aromatic nitrogens is 6. The minimum absolute atomic E-state index is 0.544. The van der Waals surface area contributed by atoms with Crippen LogP contribution in [0.15, 0.2) is 187 Å². The molecule has 0 saturated carbocycles. The van der Waals surface area contributed by atoms with Gasteiger partial charge in [0.2, 0.25) is 5.95 Å². The molecule has 0 saturated heterocycles. The van der Waals surface area contributed by atoms with Crippen LogP contribution in [0.1, 0.15) is 0 Å². The zero-order chi connectivity index (χ0) is 37.5. The minimum atomic E-state index is 0.544. The molecule has 0 spiro atoms. The third-order valence-electron chi connectivity index (χ3n) is 11.1. The summed E-state index contributed by atoms with van der Waals surface area (Å²) in [4.78, 5) is 20.9. The monoisotopic (exact) mass is 730 g/mol. The topological polar surface area (TPSA) is 74.6 Å². The molecule has 0 unspecified atom stereocenters. The number of benzene rings is 7. The number of para-hydroxylation sites is 5. The Kier molecular flexibility index (Phi) is 6.79. The van der Waals surface area contributed by atoms with Crippen LogP contribution in [0.5, 0.6) is 0 Å². The number of hydrogen-bond donors (Lipinski definition) is 0. The van der Waals surface area contributed by atoms with Crippen LogP contribution in [0.3, 0.4) is 0 Å². The lowest BCUT2D eigenvalue weighted by molar-refractivity contribution is 0.669. The Morgan fingerprint density at radius 1 is 0.386 bits per heavy atom. The van der Waals surface area contributed by atoms with E-state index in [2.05, 4.69) is 149 Å². The molecule has 5 heterocycles. The van der Waals surface area contributed by atoms with Crippen molar-refractivity contribution < 1.29 is 4.42 Å². The predicted molar refractivity (Wildman–Crippen MR) is 230 cm³/mol. The smallest absolute Gasteiger partial charge is 0.238 e. The van der Waals surface area contributed by atoms with Crippen LogP contribution in [-0.4, -0.2) is 29.1 Å². The fraction of sp³-hybridized carbons (Fsp3) is 0. The Morgan fingerprint density at radius 3 is 1.79 bits per heavy atom. The molecule has 7 nitrogen and oxygen atoms in total. The number of nitrogens with zero attached hydrogens (tertiary/aromatic N) is 6.